The van der Waals surface area contributed by atoms with Crippen LogP contribution >= 0.6 is 0 Å². The fourth-order valence-electron chi connectivity index (χ4n) is 3.02. The van der Waals surface area contributed by atoms with Gasteiger partial charge in [0.1, 0.15) is 17.2 Å². The van der Waals surface area contributed by atoms with Crippen LogP contribution < -0.4 is 14.2 Å². The zero-order valence-electron chi connectivity index (χ0n) is 16.9. The number of carbonyl (C=O) groups excluding carboxylic acids is 1. The lowest BCUT2D eigenvalue weighted by atomic mass is 10.1. The number of ether oxygens (including phenoxy) is 3. The molecule has 0 spiro atoms. The number of hydrogen-bond donors (Lipinski definition) is 0. The molecule has 0 saturated heterocycles. The van der Waals surface area contributed by atoms with Crippen molar-refractivity contribution in [2.24, 2.45) is 0 Å². The molecule has 0 radical (unpaired) electrons. The van der Waals surface area contributed by atoms with Crippen LogP contribution in [-0.4, -0.2) is 38.7 Å². The van der Waals surface area contributed by atoms with Crippen LogP contribution in [0, 0.1) is 0 Å². The number of benzene rings is 3. The molecule has 5 heteroatoms. The number of methoxy groups -OCH3 is 2. The van der Waals surface area contributed by atoms with Gasteiger partial charge in [0.15, 0.2) is 6.61 Å². The molecule has 0 fully saturated rings. The zero-order chi connectivity index (χ0) is 20.6. The van der Waals surface area contributed by atoms with Crippen LogP contribution in [0.15, 0.2) is 72.8 Å². The van der Waals surface area contributed by atoms with E-state index in [9.17, 15) is 4.79 Å². The van der Waals surface area contributed by atoms with E-state index in [4.69, 9.17) is 14.2 Å². The Labute approximate surface area is 171 Å². The lowest BCUT2D eigenvalue weighted by Gasteiger charge is -2.20. The topological polar surface area (TPSA) is 48.0 Å². The summed E-state index contributed by atoms with van der Waals surface area (Å²) in [7, 11) is 4.96. The van der Waals surface area contributed by atoms with Crippen molar-refractivity contribution in [3.05, 3.63) is 78.4 Å². The quantitative estimate of drug-likeness (QED) is 0.571. The van der Waals surface area contributed by atoms with Crippen molar-refractivity contribution in [1.29, 1.82) is 0 Å². The Bertz CT molecular complexity index is 956. The maximum Gasteiger partial charge on any atom is 0.260 e. The lowest BCUT2D eigenvalue weighted by molar-refractivity contribution is -0.132. The Morgan fingerprint density at radius 3 is 2.31 bits per heavy atom. The van der Waals surface area contributed by atoms with Crippen LogP contribution in [0.5, 0.6) is 17.2 Å². The Hall–Kier alpha value is -3.47. The molecule has 1 amide bonds. The monoisotopic (exact) mass is 391 g/mol. The van der Waals surface area contributed by atoms with Gasteiger partial charge in [0.2, 0.25) is 0 Å². The van der Waals surface area contributed by atoms with Crippen LogP contribution in [0.4, 0.5) is 0 Å². The van der Waals surface area contributed by atoms with Gasteiger partial charge in [-0.25, -0.2) is 0 Å². The molecule has 0 N–H and O–H groups in total. The van der Waals surface area contributed by atoms with Crippen LogP contribution in [-0.2, 0) is 11.3 Å². The largest absolute Gasteiger partial charge is 0.497 e. The minimum atomic E-state index is -0.120. The lowest BCUT2D eigenvalue weighted by Crippen LogP contribution is -2.31. The molecule has 3 aromatic carbocycles. The van der Waals surface area contributed by atoms with E-state index < -0.39 is 0 Å². The highest BCUT2D eigenvalue weighted by molar-refractivity contribution is 5.78. The Morgan fingerprint density at radius 1 is 0.862 bits per heavy atom. The molecule has 0 aliphatic carbocycles. The Morgan fingerprint density at radius 2 is 1.59 bits per heavy atom. The summed E-state index contributed by atoms with van der Waals surface area (Å²) in [4.78, 5) is 14.2. The Balaban J connectivity index is 1.66. The second-order valence-corrected chi connectivity index (χ2v) is 6.58. The number of hydrogen-bond acceptors (Lipinski definition) is 4. The molecule has 3 aromatic rings. The molecular formula is C24H25NO4. The highest BCUT2D eigenvalue weighted by Gasteiger charge is 2.15. The molecule has 0 aromatic heterocycles. The van der Waals surface area contributed by atoms with Gasteiger partial charge in [-0.15, -0.1) is 0 Å². The van der Waals surface area contributed by atoms with Crippen LogP contribution in [0.2, 0.25) is 0 Å². The van der Waals surface area contributed by atoms with Crippen molar-refractivity contribution in [2.45, 2.75) is 6.54 Å². The molecule has 5 nitrogen and oxygen atoms in total. The fraction of sp³-hybridized carbons (Fsp3) is 0.208. The normalized spacial score (nSPS) is 10.3. The van der Waals surface area contributed by atoms with Crippen molar-refractivity contribution in [1.82, 2.24) is 4.90 Å². The Kier molecular flexibility index (Phi) is 6.74. The predicted octanol–water partition coefficient (Wildman–Crippen LogP) is 4.41. The smallest absolute Gasteiger partial charge is 0.260 e. The van der Waals surface area contributed by atoms with Gasteiger partial charge >= 0.3 is 0 Å². The summed E-state index contributed by atoms with van der Waals surface area (Å²) in [5.41, 5.74) is 2.90. The zero-order valence-corrected chi connectivity index (χ0v) is 16.9. The summed E-state index contributed by atoms with van der Waals surface area (Å²) in [6, 6.07) is 23.2. The maximum atomic E-state index is 12.6. The first-order valence-corrected chi connectivity index (χ1v) is 9.34. The molecule has 0 aliphatic heterocycles. The number of likely N-dealkylation sites (N-methyl/N-ethyl adjacent to an activating group) is 1. The van der Waals surface area contributed by atoms with Gasteiger partial charge in [0, 0.05) is 30.8 Å². The molecule has 0 aliphatic rings. The standard InChI is InChI=1S/C24H25NO4/c1-25(16-19-13-14-20(27-2)15-23(19)28-3)24(26)17-29-22-12-8-7-11-21(22)18-9-5-4-6-10-18/h4-15H,16-17H2,1-3H3. The van der Waals surface area contributed by atoms with E-state index in [1.54, 1.807) is 32.2 Å². The van der Waals surface area contributed by atoms with E-state index >= 15 is 0 Å². The van der Waals surface area contributed by atoms with Gasteiger partial charge < -0.3 is 19.1 Å². The van der Waals surface area contributed by atoms with E-state index in [1.807, 2.05) is 66.7 Å². The fourth-order valence-corrected chi connectivity index (χ4v) is 3.02. The average molecular weight is 391 g/mol. The first kappa shape index (κ1) is 20.3. The number of nitrogens with zero attached hydrogens (tertiary/aromatic N) is 1. The molecule has 0 saturated carbocycles. The van der Waals surface area contributed by atoms with E-state index in [0.29, 0.717) is 23.8 Å². The van der Waals surface area contributed by atoms with Gasteiger partial charge in [0.25, 0.3) is 5.91 Å². The summed E-state index contributed by atoms with van der Waals surface area (Å²) in [5.74, 6) is 1.95. The number of para-hydroxylation sites is 1. The van der Waals surface area contributed by atoms with Crippen LogP contribution in [0.25, 0.3) is 11.1 Å². The third-order valence-electron chi connectivity index (χ3n) is 4.65. The highest BCUT2D eigenvalue weighted by atomic mass is 16.5. The molecule has 0 bridgehead atoms. The predicted molar refractivity (Wildman–Crippen MR) is 113 cm³/mol. The van der Waals surface area contributed by atoms with E-state index in [-0.39, 0.29) is 12.5 Å². The number of carbonyl (C=O) groups is 1. The molecule has 150 valence electrons. The molecule has 0 unspecified atom stereocenters. The van der Waals surface area contributed by atoms with Crippen LogP contribution in [0.1, 0.15) is 5.56 Å². The van der Waals surface area contributed by atoms with Gasteiger partial charge in [-0.2, -0.15) is 0 Å². The molecule has 0 atom stereocenters. The second-order valence-electron chi connectivity index (χ2n) is 6.58. The van der Waals surface area contributed by atoms with Gasteiger partial charge in [0.05, 0.1) is 14.2 Å². The molecule has 29 heavy (non-hydrogen) atoms. The maximum absolute atomic E-state index is 12.6. The van der Waals surface area contributed by atoms with Crippen molar-refractivity contribution in [3.63, 3.8) is 0 Å². The van der Waals surface area contributed by atoms with Crippen molar-refractivity contribution < 1.29 is 19.0 Å². The van der Waals surface area contributed by atoms with Crippen molar-refractivity contribution in [3.8, 4) is 28.4 Å². The van der Waals surface area contributed by atoms with Gasteiger partial charge in [-0.05, 0) is 23.8 Å². The van der Waals surface area contributed by atoms with Gasteiger partial charge in [-0.3, -0.25) is 4.79 Å². The summed E-state index contributed by atoms with van der Waals surface area (Å²) in [6.45, 7) is 0.370. The van der Waals surface area contributed by atoms with Gasteiger partial charge in [-0.1, -0.05) is 48.5 Å². The highest BCUT2D eigenvalue weighted by Crippen LogP contribution is 2.29. The number of amides is 1. The summed E-state index contributed by atoms with van der Waals surface area (Å²) >= 11 is 0. The summed E-state index contributed by atoms with van der Waals surface area (Å²) in [6.07, 6.45) is 0. The van der Waals surface area contributed by atoms with Crippen molar-refractivity contribution >= 4 is 5.91 Å². The van der Waals surface area contributed by atoms with E-state index in [2.05, 4.69) is 0 Å². The third kappa shape index (κ3) is 5.08. The second kappa shape index (κ2) is 9.64. The first-order chi connectivity index (χ1) is 14.1. The van der Waals surface area contributed by atoms with E-state index in [0.717, 1.165) is 16.7 Å². The molecule has 0 heterocycles. The minimum absolute atomic E-state index is 0.0428. The minimum Gasteiger partial charge on any atom is -0.497 e. The summed E-state index contributed by atoms with van der Waals surface area (Å²) in [5, 5.41) is 0. The first-order valence-electron chi connectivity index (χ1n) is 9.34. The van der Waals surface area contributed by atoms with Crippen LogP contribution in [0.3, 0.4) is 0 Å². The summed E-state index contributed by atoms with van der Waals surface area (Å²) < 4.78 is 16.5. The van der Waals surface area contributed by atoms with E-state index in [1.165, 1.54) is 0 Å². The molecule has 3 rings (SSSR count). The third-order valence-corrected chi connectivity index (χ3v) is 4.65. The van der Waals surface area contributed by atoms with Crippen molar-refractivity contribution in [2.75, 3.05) is 27.9 Å². The number of rotatable bonds is 8. The average Bonchev–Trinajstić information content (AvgIpc) is 2.78. The SMILES string of the molecule is COc1ccc(CN(C)C(=O)COc2ccccc2-c2ccccc2)c(OC)c1. The molecular weight excluding hydrogens is 366 g/mol.